The van der Waals surface area contributed by atoms with Crippen molar-refractivity contribution in [1.29, 1.82) is 0 Å². The minimum atomic E-state index is 0.401. The van der Waals surface area contributed by atoms with Gasteiger partial charge in [-0.3, -0.25) is 0 Å². The molecule has 0 unspecified atom stereocenters. The molecule has 0 aliphatic heterocycles. The standard InChI is InChI=1S/C9H13O3/c1-4-10-8-6-9(11-5-2)12-7(8)3/h4-5H2,1-3H3. The van der Waals surface area contributed by atoms with Crippen LogP contribution in [0.1, 0.15) is 19.6 Å². The number of ether oxygens (including phenoxy) is 2. The van der Waals surface area contributed by atoms with E-state index < -0.39 is 0 Å². The molecule has 0 saturated heterocycles. The molecule has 12 heavy (non-hydrogen) atoms. The molecule has 0 aliphatic carbocycles. The molecule has 1 aromatic rings. The molecule has 0 amide bonds. The van der Waals surface area contributed by atoms with Crippen LogP contribution in [-0.2, 0) is 0 Å². The fourth-order valence-electron chi connectivity index (χ4n) is 0.870. The average molecular weight is 169 g/mol. The van der Waals surface area contributed by atoms with Gasteiger partial charge in [-0.25, -0.2) is 0 Å². The number of rotatable bonds is 4. The van der Waals surface area contributed by atoms with Gasteiger partial charge in [0.2, 0.25) is 0 Å². The molecule has 1 radical (unpaired) electrons. The van der Waals surface area contributed by atoms with E-state index in [2.05, 4.69) is 6.07 Å². The van der Waals surface area contributed by atoms with Crippen LogP contribution in [0.15, 0.2) is 4.42 Å². The first-order valence-corrected chi connectivity index (χ1v) is 4.06. The molecule has 3 nitrogen and oxygen atoms in total. The minimum absolute atomic E-state index is 0.401. The average Bonchev–Trinajstić information content (AvgIpc) is 2.34. The van der Waals surface area contributed by atoms with Gasteiger partial charge in [-0.1, -0.05) is 0 Å². The second-order valence-corrected chi connectivity index (χ2v) is 2.27. The smallest absolute Gasteiger partial charge is 0.297 e. The predicted molar refractivity (Wildman–Crippen MR) is 44.6 cm³/mol. The van der Waals surface area contributed by atoms with E-state index in [-0.39, 0.29) is 0 Å². The van der Waals surface area contributed by atoms with Crippen LogP contribution in [0, 0.1) is 13.0 Å². The van der Waals surface area contributed by atoms with Gasteiger partial charge in [0.15, 0.2) is 5.75 Å². The zero-order valence-corrected chi connectivity index (χ0v) is 7.64. The molecule has 0 N–H and O–H groups in total. The van der Waals surface area contributed by atoms with Crippen LogP contribution in [0.25, 0.3) is 0 Å². The van der Waals surface area contributed by atoms with Crippen LogP contribution in [0.5, 0.6) is 11.7 Å². The number of aryl methyl sites for hydroxylation is 1. The van der Waals surface area contributed by atoms with Crippen molar-refractivity contribution in [3.8, 4) is 11.7 Å². The van der Waals surface area contributed by atoms with Gasteiger partial charge in [-0.05, 0) is 20.8 Å². The fourth-order valence-corrected chi connectivity index (χ4v) is 0.870. The molecule has 67 valence electrons. The molecular weight excluding hydrogens is 156 g/mol. The highest BCUT2D eigenvalue weighted by Crippen LogP contribution is 2.26. The van der Waals surface area contributed by atoms with Crippen molar-refractivity contribution in [3.63, 3.8) is 0 Å². The topological polar surface area (TPSA) is 31.6 Å². The summed E-state index contributed by atoms with van der Waals surface area (Å²) in [6.45, 7) is 6.83. The number of furan rings is 1. The zero-order valence-electron chi connectivity index (χ0n) is 7.64. The molecule has 0 aromatic carbocycles. The molecule has 0 aliphatic rings. The van der Waals surface area contributed by atoms with Crippen LogP contribution >= 0.6 is 0 Å². The van der Waals surface area contributed by atoms with E-state index in [1.54, 1.807) is 0 Å². The molecule has 0 saturated carbocycles. The highest BCUT2D eigenvalue weighted by molar-refractivity contribution is 5.28. The van der Waals surface area contributed by atoms with Gasteiger partial charge in [0.1, 0.15) is 11.8 Å². The Morgan fingerprint density at radius 1 is 1.25 bits per heavy atom. The number of hydrogen-bond donors (Lipinski definition) is 0. The Morgan fingerprint density at radius 3 is 2.50 bits per heavy atom. The summed E-state index contributed by atoms with van der Waals surface area (Å²) in [6, 6.07) is 2.87. The van der Waals surface area contributed by atoms with Crippen molar-refractivity contribution in [2.45, 2.75) is 20.8 Å². The summed E-state index contributed by atoms with van der Waals surface area (Å²) < 4.78 is 15.6. The van der Waals surface area contributed by atoms with Crippen molar-refractivity contribution < 1.29 is 13.9 Å². The highest BCUT2D eigenvalue weighted by atomic mass is 16.6. The van der Waals surface area contributed by atoms with Crippen molar-refractivity contribution in [1.82, 2.24) is 0 Å². The molecular formula is C9H13O3. The third-order valence-electron chi connectivity index (χ3n) is 1.35. The predicted octanol–water partition coefficient (Wildman–Crippen LogP) is 2.19. The van der Waals surface area contributed by atoms with E-state index in [1.165, 1.54) is 0 Å². The van der Waals surface area contributed by atoms with E-state index in [1.807, 2.05) is 20.8 Å². The van der Waals surface area contributed by atoms with Crippen molar-refractivity contribution >= 4 is 0 Å². The lowest BCUT2D eigenvalue weighted by Crippen LogP contribution is -1.91. The van der Waals surface area contributed by atoms with Gasteiger partial charge in [0.25, 0.3) is 5.95 Å². The quantitative estimate of drug-likeness (QED) is 0.692. The molecule has 0 fully saturated rings. The highest BCUT2D eigenvalue weighted by Gasteiger charge is 2.08. The van der Waals surface area contributed by atoms with Gasteiger partial charge in [0.05, 0.1) is 13.2 Å². The lowest BCUT2D eigenvalue weighted by molar-refractivity contribution is 0.251. The first kappa shape index (κ1) is 8.97. The third-order valence-corrected chi connectivity index (χ3v) is 1.35. The first-order valence-electron chi connectivity index (χ1n) is 4.06. The Balaban J connectivity index is 2.70. The Morgan fingerprint density at radius 2 is 1.92 bits per heavy atom. The van der Waals surface area contributed by atoms with E-state index in [9.17, 15) is 0 Å². The second-order valence-electron chi connectivity index (χ2n) is 2.27. The monoisotopic (exact) mass is 169 g/mol. The van der Waals surface area contributed by atoms with Crippen LogP contribution in [0.2, 0.25) is 0 Å². The van der Waals surface area contributed by atoms with Crippen LogP contribution in [0.4, 0.5) is 0 Å². The second kappa shape index (κ2) is 4.04. The van der Waals surface area contributed by atoms with Gasteiger partial charge in [-0.15, -0.1) is 0 Å². The Kier molecular flexibility index (Phi) is 3.02. The lowest BCUT2D eigenvalue weighted by Gasteiger charge is -1.96. The van der Waals surface area contributed by atoms with Crippen molar-refractivity contribution in [2.24, 2.45) is 0 Å². The Hall–Kier alpha value is -1.12. The largest absolute Gasteiger partial charge is 0.489 e. The lowest BCUT2D eigenvalue weighted by atomic mass is 10.4. The molecule has 1 heterocycles. The maximum absolute atomic E-state index is 5.23. The maximum atomic E-state index is 5.23. The van der Waals surface area contributed by atoms with Crippen molar-refractivity contribution in [2.75, 3.05) is 13.2 Å². The van der Waals surface area contributed by atoms with E-state index in [0.717, 1.165) is 0 Å². The van der Waals surface area contributed by atoms with Gasteiger partial charge >= 0.3 is 0 Å². The third kappa shape index (κ3) is 1.94. The summed E-state index contributed by atoms with van der Waals surface area (Å²) in [6.07, 6.45) is 0. The fraction of sp³-hybridized carbons (Fsp3) is 0.556. The van der Waals surface area contributed by atoms with Gasteiger partial charge in [0, 0.05) is 0 Å². The van der Waals surface area contributed by atoms with Crippen LogP contribution in [-0.4, -0.2) is 13.2 Å². The summed E-state index contributed by atoms with van der Waals surface area (Å²) in [5.41, 5.74) is 0. The van der Waals surface area contributed by atoms with Gasteiger partial charge in [-0.2, -0.15) is 0 Å². The summed E-state index contributed by atoms with van der Waals surface area (Å²) in [5.74, 6) is 1.75. The zero-order chi connectivity index (χ0) is 8.97. The van der Waals surface area contributed by atoms with Crippen molar-refractivity contribution in [3.05, 3.63) is 11.8 Å². The summed E-state index contributed by atoms with van der Waals surface area (Å²) in [7, 11) is 0. The van der Waals surface area contributed by atoms with Crippen LogP contribution < -0.4 is 9.47 Å². The van der Waals surface area contributed by atoms with E-state index >= 15 is 0 Å². The molecule has 0 bridgehead atoms. The molecule has 1 rings (SSSR count). The van der Waals surface area contributed by atoms with Crippen LogP contribution in [0.3, 0.4) is 0 Å². The molecule has 0 spiro atoms. The summed E-state index contributed by atoms with van der Waals surface area (Å²) in [5, 5.41) is 0. The van der Waals surface area contributed by atoms with E-state index in [4.69, 9.17) is 13.9 Å². The first-order chi connectivity index (χ1) is 5.77. The minimum Gasteiger partial charge on any atom is -0.489 e. The molecule has 1 aromatic heterocycles. The van der Waals surface area contributed by atoms with Gasteiger partial charge < -0.3 is 13.9 Å². The summed E-state index contributed by atoms with van der Waals surface area (Å²) >= 11 is 0. The Bertz CT molecular complexity index is 240. The molecule has 0 atom stereocenters. The number of hydrogen-bond acceptors (Lipinski definition) is 3. The molecule has 3 heteroatoms. The van der Waals surface area contributed by atoms with E-state index in [0.29, 0.717) is 30.7 Å². The normalized spacial score (nSPS) is 9.92. The maximum Gasteiger partial charge on any atom is 0.297 e. The summed E-state index contributed by atoms with van der Waals surface area (Å²) in [4.78, 5) is 0. The SMILES string of the molecule is CCOc1[c]c(OCC)c(C)o1. The Labute approximate surface area is 72.3 Å².